The Morgan fingerprint density at radius 2 is 2.07 bits per heavy atom. The molecule has 4 nitrogen and oxygen atoms in total. The Hall–Kier alpha value is -2.17. The summed E-state index contributed by atoms with van der Waals surface area (Å²) in [6.07, 6.45) is 5.34. The van der Waals surface area contributed by atoms with Crippen molar-refractivity contribution in [2.75, 3.05) is 0 Å². The molecule has 27 heavy (non-hydrogen) atoms. The van der Waals surface area contributed by atoms with Gasteiger partial charge in [-0.2, -0.15) is 0 Å². The lowest BCUT2D eigenvalue weighted by Gasteiger charge is -2.34. The molecule has 1 aromatic carbocycles. The molecular formula is C22H29FN2O2. The van der Waals surface area contributed by atoms with Gasteiger partial charge in [0, 0.05) is 12.5 Å². The Morgan fingerprint density at radius 1 is 1.30 bits per heavy atom. The van der Waals surface area contributed by atoms with E-state index < -0.39 is 0 Å². The number of carbonyl (C=O) groups excluding carboxylic acids is 1. The van der Waals surface area contributed by atoms with Gasteiger partial charge in [0.25, 0.3) is 0 Å². The molecule has 3 rings (SSSR count). The van der Waals surface area contributed by atoms with Crippen molar-refractivity contribution in [3.05, 3.63) is 41.5 Å². The molecule has 146 valence electrons. The summed E-state index contributed by atoms with van der Waals surface area (Å²) in [5.74, 6) is 1.94. The molecule has 2 aromatic rings. The Morgan fingerprint density at radius 3 is 2.85 bits per heavy atom. The van der Waals surface area contributed by atoms with Crippen molar-refractivity contribution in [2.45, 2.75) is 65.3 Å². The van der Waals surface area contributed by atoms with Gasteiger partial charge in [0.2, 0.25) is 11.8 Å². The lowest BCUT2D eigenvalue weighted by molar-refractivity contribution is -0.122. The van der Waals surface area contributed by atoms with Crippen molar-refractivity contribution >= 4 is 5.91 Å². The summed E-state index contributed by atoms with van der Waals surface area (Å²) in [6, 6.07) is 6.75. The minimum Gasteiger partial charge on any atom is -0.441 e. The van der Waals surface area contributed by atoms with E-state index in [0.29, 0.717) is 54.4 Å². The van der Waals surface area contributed by atoms with Crippen LogP contribution < -0.4 is 5.32 Å². The Balaban J connectivity index is 1.52. The first-order valence-corrected chi connectivity index (χ1v) is 9.96. The molecule has 1 N–H and O–H groups in total. The van der Waals surface area contributed by atoms with Gasteiger partial charge in [0.15, 0.2) is 0 Å². The number of hydrogen-bond donors (Lipinski definition) is 1. The zero-order chi connectivity index (χ0) is 19.4. The van der Waals surface area contributed by atoms with E-state index >= 15 is 0 Å². The average Bonchev–Trinajstić information content (AvgIpc) is 3.00. The van der Waals surface area contributed by atoms with Gasteiger partial charge in [-0.25, -0.2) is 9.37 Å². The molecule has 1 aliphatic carbocycles. The fourth-order valence-corrected chi connectivity index (χ4v) is 3.89. The molecule has 5 heteroatoms. The second-order valence-electron chi connectivity index (χ2n) is 7.80. The number of aryl methyl sites for hydroxylation is 2. The van der Waals surface area contributed by atoms with E-state index in [1.54, 1.807) is 18.2 Å². The van der Waals surface area contributed by atoms with Crippen molar-refractivity contribution in [3.8, 4) is 11.5 Å². The van der Waals surface area contributed by atoms with Crippen molar-refractivity contribution in [1.82, 2.24) is 10.3 Å². The van der Waals surface area contributed by atoms with E-state index in [9.17, 15) is 9.18 Å². The fourth-order valence-electron chi connectivity index (χ4n) is 3.89. The number of halogens is 1. The number of nitrogens with zero attached hydrogens (tertiary/aromatic N) is 1. The normalized spacial score (nSPS) is 22.6. The first-order valence-electron chi connectivity index (χ1n) is 9.96. The first kappa shape index (κ1) is 19.6. The van der Waals surface area contributed by atoms with E-state index in [2.05, 4.69) is 24.1 Å². The highest BCUT2D eigenvalue weighted by Crippen LogP contribution is 2.29. The summed E-state index contributed by atoms with van der Waals surface area (Å²) in [4.78, 5) is 16.7. The summed E-state index contributed by atoms with van der Waals surface area (Å²) in [7, 11) is 0. The second kappa shape index (κ2) is 8.68. The minimum absolute atomic E-state index is 0.108. The van der Waals surface area contributed by atoms with Gasteiger partial charge in [0.1, 0.15) is 11.6 Å². The molecule has 1 aromatic heterocycles. The predicted molar refractivity (Wildman–Crippen MR) is 104 cm³/mol. The Labute approximate surface area is 160 Å². The van der Waals surface area contributed by atoms with Gasteiger partial charge in [-0.3, -0.25) is 4.79 Å². The van der Waals surface area contributed by atoms with Crippen LogP contribution in [0.2, 0.25) is 0 Å². The number of carbonyl (C=O) groups is 1. The van der Waals surface area contributed by atoms with Crippen molar-refractivity contribution in [3.63, 3.8) is 0 Å². The third-order valence-electron chi connectivity index (χ3n) is 5.87. The quantitative estimate of drug-likeness (QED) is 0.772. The van der Waals surface area contributed by atoms with Crippen molar-refractivity contribution in [2.24, 2.45) is 11.8 Å². The Kier molecular flexibility index (Phi) is 6.30. The third kappa shape index (κ3) is 4.76. The zero-order valence-electron chi connectivity index (χ0n) is 16.4. The highest BCUT2D eigenvalue weighted by atomic mass is 19.1. The van der Waals surface area contributed by atoms with Crippen LogP contribution in [0.3, 0.4) is 0 Å². The SMILES string of the molecule is Cc1oc(-c2ccccc2F)nc1CCCC(=O)NC1CCCC(C)C1C. The van der Waals surface area contributed by atoms with Gasteiger partial charge in [-0.1, -0.05) is 38.8 Å². The number of aromatic nitrogens is 1. The molecule has 1 saturated carbocycles. The number of hydrogen-bond acceptors (Lipinski definition) is 3. The van der Waals surface area contributed by atoms with Gasteiger partial charge in [-0.15, -0.1) is 0 Å². The lowest BCUT2D eigenvalue weighted by Crippen LogP contribution is -2.43. The fraction of sp³-hybridized carbons (Fsp3) is 0.545. The minimum atomic E-state index is -0.347. The number of amides is 1. The predicted octanol–water partition coefficient (Wildman–Crippen LogP) is 5.05. The molecule has 1 amide bonds. The first-order chi connectivity index (χ1) is 13.0. The molecular weight excluding hydrogens is 343 g/mol. The molecule has 3 atom stereocenters. The van der Waals surface area contributed by atoms with Crippen LogP contribution >= 0.6 is 0 Å². The largest absolute Gasteiger partial charge is 0.441 e. The molecule has 0 aliphatic heterocycles. The van der Waals surface area contributed by atoms with Crippen LogP contribution in [-0.4, -0.2) is 16.9 Å². The highest BCUT2D eigenvalue weighted by molar-refractivity contribution is 5.76. The van der Waals surface area contributed by atoms with Crippen LogP contribution in [0, 0.1) is 24.6 Å². The molecule has 0 radical (unpaired) electrons. The van der Waals surface area contributed by atoms with Crippen LogP contribution in [0.1, 0.15) is 57.4 Å². The van der Waals surface area contributed by atoms with Crippen LogP contribution in [-0.2, 0) is 11.2 Å². The van der Waals surface area contributed by atoms with Gasteiger partial charge < -0.3 is 9.73 Å². The maximum atomic E-state index is 13.9. The number of oxazole rings is 1. The number of benzene rings is 1. The van der Waals surface area contributed by atoms with Gasteiger partial charge in [0.05, 0.1) is 11.3 Å². The van der Waals surface area contributed by atoms with E-state index in [1.165, 1.54) is 18.9 Å². The highest BCUT2D eigenvalue weighted by Gasteiger charge is 2.27. The van der Waals surface area contributed by atoms with Crippen LogP contribution in [0.25, 0.3) is 11.5 Å². The molecule has 0 saturated heterocycles. The second-order valence-corrected chi connectivity index (χ2v) is 7.80. The van der Waals surface area contributed by atoms with E-state index in [1.807, 2.05) is 6.92 Å². The maximum absolute atomic E-state index is 13.9. The van der Waals surface area contributed by atoms with E-state index in [0.717, 1.165) is 12.1 Å². The molecule has 1 aliphatic rings. The lowest BCUT2D eigenvalue weighted by atomic mass is 9.78. The van der Waals surface area contributed by atoms with Gasteiger partial charge in [-0.05, 0) is 50.2 Å². The summed E-state index contributed by atoms with van der Waals surface area (Å²) >= 11 is 0. The monoisotopic (exact) mass is 372 g/mol. The number of nitrogens with one attached hydrogen (secondary N) is 1. The smallest absolute Gasteiger partial charge is 0.229 e. The van der Waals surface area contributed by atoms with E-state index in [4.69, 9.17) is 4.42 Å². The summed E-state index contributed by atoms with van der Waals surface area (Å²) in [6.45, 7) is 6.33. The Bertz CT molecular complexity index is 786. The van der Waals surface area contributed by atoms with Crippen molar-refractivity contribution in [1.29, 1.82) is 0 Å². The van der Waals surface area contributed by atoms with Crippen LogP contribution in [0.15, 0.2) is 28.7 Å². The summed E-state index contributed by atoms with van der Waals surface area (Å²) in [5, 5.41) is 3.21. The third-order valence-corrected chi connectivity index (χ3v) is 5.87. The number of rotatable bonds is 6. The molecule has 0 spiro atoms. The van der Waals surface area contributed by atoms with Crippen LogP contribution in [0.5, 0.6) is 0 Å². The topological polar surface area (TPSA) is 55.1 Å². The van der Waals surface area contributed by atoms with Crippen molar-refractivity contribution < 1.29 is 13.6 Å². The maximum Gasteiger partial charge on any atom is 0.229 e. The molecule has 0 bridgehead atoms. The average molecular weight is 372 g/mol. The van der Waals surface area contributed by atoms with Crippen LogP contribution in [0.4, 0.5) is 4.39 Å². The molecule has 1 fully saturated rings. The summed E-state index contributed by atoms with van der Waals surface area (Å²) < 4.78 is 19.5. The standard InChI is InChI=1S/C22H29FN2O2/c1-14-8-6-11-19(15(14)2)24-21(26)13-7-12-20-16(3)27-22(25-20)17-9-4-5-10-18(17)23/h4-5,9-10,14-15,19H,6-8,11-13H2,1-3H3,(H,24,26). The molecule has 3 unspecified atom stereocenters. The van der Waals surface area contributed by atoms with E-state index in [-0.39, 0.29) is 11.7 Å². The van der Waals surface area contributed by atoms with Gasteiger partial charge >= 0.3 is 0 Å². The summed E-state index contributed by atoms with van der Waals surface area (Å²) in [5.41, 5.74) is 1.16. The zero-order valence-corrected chi connectivity index (χ0v) is 16.4. The molecule has 1 heterocycles.